The molecule has 0 atom stereocenters. The van der Waals surface area contributed by atoms with Crippen LogP contribution in [0.2, 0.25) is 5.15 Å². The summed E-state index contributed by atoms with van der Waals surface area (Å²) in [5, 5.41) is 0.476. The van der Waals surface area contributed by atoms with Crippen LogP contribution in [0.1, 0.15) is 12.8 Å². The molecule has 92 valence electrons. The van der Waals surface area contributed by atoms with Gasteiger partial charge in [-0.25, -0.2) is 9.97 Å². The number of hydrogen-bond acceptors (Lipinski definition) is 5. The van der Waals surface area contributed by atoms with E-state index in [0.29, 0.717) is 18.4 Å². The normalized spacial score (nSPS) is 23.2. The Kier molecular flexibility index (Phi) is 2.90. The quantitative estimate of drug-likeness (QED) is 0.712. The van der Waals surface area contributed by atoms with Crippen molar-refractivity contribution in [2.24, 2.45) is 0 Å². The highest BCUT2D eigenvalue weighted by molar-refractivity contribution is 6.29. The fraction of sp³-hybridized carbons (Fsp3) is 0.636. The molecule has 0 saturated carbocycles. The Morgan fingerprint density at radius 1 is 1.18 bits per heavy atom. The molecule has 0 unspecified atom stereocenters. The van der Waals surface area contributed by atoms with Gasteiger partial charge in [0, 0.05) is 32.0 Å². The molecule has 0 aliphatic carbocycles. The van der Waals surface area contributed by atoms with E-state index in [0.717, 1.165) is 31.7 Å². The molecule has 6 heteroatoms. The third kappa shape index (κ3) is 2.22. The van der Waals surface area contributed by atoms with Gasteiger partial charge in [-0.15, -0.1) is 0 Å². The van der Waals surface area contributed by atoms with E-state index in [9.17, 15) is 0 Å². The van der Waals surface area contributed by atoms with Gasteiger partial charge in [0.1, 0.15) is 17.3 Å². The van der Waals surface area contributed by atoms with Crippen LogP contribution in [0.4, 0.5) is 5.82 Å². The highest BCUT2D eigenvalue weighted by atomic mass is 35.5. The second-order valence-corrected chi connectivity index (χ2v) is 4.68. The van der Waals surface area contributed by atoms with Crippen LogP contribution in [0.3, 0.4) is 0 Å². The van der Waals surface area contributed by atoms with Crippen LogP contribution < -0.4 is 4.90 Å². The molecule has 3 heterocycles. The second kappa shape index (κ2) is 4.40. The summed E-state index contributed by atoms with van der Waals surface area (Å²) in [7, 11) is 0. The van der Waals surface area contributed by atoms with Crippen LogP contribution in [-0.2, 0) is 9.47 Å². The molecule has 2 saturated heterocycles. The average Bonchev–Trinajstić information content (AvgIpc) is 2.79. The summed E-state index contributed by atoms with van der Waals surface area (Å²) in [5.74, 6) is 0.533. The molecule has 1 spiro atoms. The Hall–Kier alpha value is -0.910. The molecule has 5 nitrogen and oxygen atoms in total. The first-order valence-corrected chi connectivity index (χ1v) is 6.16. The molecule has 1 aromatic rings. The minimum Gasteiger partial charge on any atom is -0.356 e. The lowest BCUT2D eigenvalue weighted by atomic mass is 10.0. The van der Waals surface area contributed by atoms with Gasteiger partial charge in [-0.1, -0.05) is 11.6 Å². The molecule has 0 aromatic carbocycles. The van der Waals surface area contributed by atoms with Gasteiger partial charge in [-0.2, -0.15) is 0 Å². The van der Waals surface area contributed by atoms with Gasteiger partial charge in [0.25, 0.3) is 0 Å². The van der Waals surface area contributed by atoms with Crippen molar-refractivity contribution in [2.45, 2.75) is 18.6 Å². The number of anilines is 1. The average molecular weight is 256 g/mol. The Morgan fingerprint density at radius 2 is 1.88 bits per heavy atom. The number of nitrogens with zero attached hydrogens (tertiary/aromatic N) is 3. The van der Waals surface area contributed by atoms with Crippen LogP contribution in [-0.4, -0.2) is 42.1 Å². The molecule has 2 aliphatic rings. The summed E-state index contributed by atoms with van der Waals surface area (Å²) < 4.78 is 11.4. The van der Waals surface area contributed by atoms with E-state index in [2.05, 4.69) is 14.9 Å². The lowest BCUT2D eigenvalue weighted by Crippen LogP contribution is -2.45. The van der Waals surface area contributed by atoms with Crippen molar-refractivity contribution in [3.63, 3.8) is 0 Å². The first-order chi connectivity index (χ1) is 8.27. The van der Waals surface area contributed by atoms with Gasteiger partial charge >= 0.3 is 0 Å². The van der Waals surface area contributed by atoms with Crippen molar-refractivity contribution in [1.29, 1.82) is 0 Å². The molecule has 0 amide bonds. The summed E-state index contributed by atoms with van der Waals surface area (Å²) >= 11 is 5.86. The van der Waals surface area contributed by atoms with E-state index < -0.39 is 0 Å². The number of ether oxygens (including phenoxy) is 2. The predicted molar refractivity (Wildman–Crippen MR) is 63.1 cm³/mol. The molecule has 0 N–H and O–H groups in total. The monoisotopic (exact) mass is 255 g/mol. The molecule has 2 aliphatic heterocycles. The van der Waals surface area contributed by atoms with Crippen molar-refractivity contribution in [3.05, 3.63) is 17.5 Å². The van der Waals surface area contributed by atoms with E-state index in [1.807, 2.05) is 0 Å². The summed E-state index contributed by atoms with van der Waals surface area (Å²) in [6.45, 7) is 3.15. The van der Waals surface area contributed by atoms with Gasteiger partial charge in [0.05, 0.1) is 13.2 Å². The predicted octanol–water partition coefficient (Wildman–Crippen LogP) is 1.47. The molecule has 2 fully saturated rings. The Bertz CT molecular complexity index is 399. The molecule has 0 bridgehead atoms. The van der Waals surface area contributed by atoms with Gasteiger partial charge in [0.2, 0.25) is 0 Å². The van der Waals surface area contributed by atoms with Crippen LogP contribution >= 0.6 is 11.6 Å². The minimum atomic E-state index is -0.340. The fourth-order valence-corrected chi connectivity index (χ4v) is 2.50. The molecular formula is C11H14ClN3O2. The zero-order valence-corrected chi connectivity index (χ0v) is 10.2. The van der Waals surface area contributed by atoms with Crippen molar-refractivity contribution in [2.75, 3.05) is 31.2 Å². The van der Waals surface area contributed by atoms with E-state index in [4.69, 9.17) is 21.1 Å². The number of hydrogen-bond donors (Lipinski definition) is 0. The largest absolute Gasteiger partial charge is 0.356 e. The zero-order chi connectivity index (χ0) is 11.7. The maximum absolute atomic E-state index is 5.86. The standard InChI is InChI=1S/C11H14ClN3O2/c12-9-7-10(14-8-13-9)15-3-1-11(2-4-15)16-5-6-17-11/h7-8H,1-6H2. The minimum absolute atomic E-state index is 0.340. The topological polar surface area (TPSA) is 47.5 Å². The smallest absolute Gasteiger partial charge is 0.171 e. The van der Waals surface area contributed by atoms with Gasteiger partial charge < -0.3 is 14.4 Å². The number of piperidine rings is 1. The zero-order valence-electron chi connectivity index (χ0n) is 9.43. The Balaban J connectivity index is 1.68. The fourth-order valence-electron chi connectivity index (χ4n) is 2.36. The summed E-state index contributed by atoms with van der Waals surface area (Å²) in [6, 6.07) is 1.79. The second-order valence-electron chi connectivity index (χ2n) is 4.29. The third-order valence-electron chi connectivity index (χ3n) is 3.28. The van der Waals surface area contributed by atoms with E-state index in [-0.39, 0.29) is 5.79 Å². The van der Waals surface area contributed by atoms with Crippen molar-refractivity contribution in [3.8, 4) is 0 Å². The SMILES string of the molecule is Clc1cc(N2CCC3(CC2)OCCO3)ncn1. The van der Waals surface area contributed by atoms with Crippen molar-refractivity contribution >= 4 is 17.4 Å². The molecule has 1 aromatic heterocycles. The van der Waals surface area contributed by atoms with Crippen molar-refractivity contribution < 1.29 is 9.47 Å². The van der Waals surface area contributed by atoms with Crippen molar-refractivity contribution in [1.82, 2.24) is 9.97 Å². The maximum Gasteiger partial charge on any atom is 0.171 e. The molecule has 3 rings (SSSR count). The van der Waals surface area contributed by atoms with Gasteiger partial charge in [0.15, 0.2) is 5.79 Å². The first-order valence-electron chi connectivity index (χ1n) is 5.78. The molecular weight excluding hydrogens is 242 g/mol. The van der Waals surface area contributed by atoms with Crippen LogP contribution in [0, 0.1) is 0 Å². The van der Waals surface area contributed by atoms with E-state index in [1.165, 1.54) is 6.33 Å². The number of rotatable bonds is 1. The van der Waals surface area contributed by atoms with E-state index in [1.54, 1.807) is 6.07 Å². The maximum atomic E-state index is 5.86. The van der Waals surface area contributed by atoms with Gasteiger partial charge in [-0.05, 0) is 0 Å². The highest BCUT2D eigenvalue weighted by Gasteiger charge is 2.39. The number of halogens is 1. The summed E-state index contributed by atoms with van der Waals surface area (Å²) in [4.78, 5) is 10.3. The van der Waals surface area contributed by atoms with Crippen LogP contribution in [0.5, 0.6) is 0 Å². The third-order valence-corrected chi connectivity index (χ3v) is 3.49. The number of aromatic nitrogens is 2. The lowest BCUT2D eigenvalue weighted by Gasteiger charge is -2.38. The molecule has 17 heavy (non-hydrogen) atoms. The lowest BCUT2D eigenvalue weighted by molar-refractivity contribution is -0.169. The summed E-state index contributed by atoms with van der Waals surface area (Å²) in [5.41, 5.74) is 0. The first kappa shape index (κ1) is 11.2. The van der Waals surface area contributed by atoms with E-state index >= 15 is 0 Å². The highest BCUT2D eigenvalue weighted by Crippen LogP contribution is 2.32. The molecule has 0 radical (unpaired) electrons. The van der Waals surface area contributed by atoms with Crippen LogP contribution in [0.15, 0.2) is 12.4 Å². The van der Waals surface area contributed by atoms with Gasteiger partial charge in [-0.3, -0.25) is 0 Å². The summed E-state index contributed by atoms with van der Waals surface area (Å²) in [6.07, 6.45) is 3.23. The van der Waals surface area contributed by atoms with Crippen LogP contribution in [0.25, 0.3) is 0 Å². The Morgan fingerprint density at radius 3 is 2.53 bits per heavy atom. The Labute approximate surface area is 105 Å².